The molecule has 0 saturated carbocycles. The number of rotatable bonds is 5. The lowest BCUT2D eigenvalue weighted by molar-refractivity contribution is 0.590. The van der Waals surface area contributed by atoms with Gasteiger partial charge in [-0.3, -0.25) is 0 Å². The Morgan fingerprint density at radius 2 is 0.836 bits per heavy atom. The topological polar surface area (TPSA) is 6.48 Å². The van der Waals surface area contributed by atoms with Crippen molar-refractivity contribution in [1.82, 2.24) is 0 Å². The van der Waals surface area contributed by atoms with Gasteiger partial charge in [-0.25, -0.2) is 0 Å². The zero-order valence-electron chi connectivity index (χ0n) is 38.4. The van der Waals surface area contributed by atoms with Gasteiger partial charge in [-0.2, -0.15) is 0 Å². The van der Waals surface area contributed by atoms with E-state index < -0.39 is 0 Å². The van der Waals surface area contributed by atoms with Gasteiger partial charge in [-0.05, 0) is 127 Å². The molecular formula is C58H61BN2. The maximum atomic E-state index is 2.60. The molecular weight excluding hydrogens is 735 g/mol. The fraction of sp³-hybridized carbons (Fsp3) is 0.276. The minimum absolute atomic E-state index is 0.00903. The number of nitrogens with zero attached hydrogens (tertiary/aromatic N) is 2. The lowest BCUT2D eigenvalue weighted by atomic mass is 9.33. The van der Waals surface area contributed by atoms with E-state index in [4.69, 9.17) is 0 Å². The second-order valence-corrected chi connectivity index (χ2v) is 21.3. The monoisotopic (exact) mass is 796 g/mol. The van der Waals surface area contributed by atoms with E-state index in [0.29, 0.717) is 0 Å². The molecule has 0 fully saturated rings. The number of anilines is 6. The molecule has 2 aliphatic heterocycles. The summed E-state index contributed by atoms with van der Waals surface area (Å²) in [6.45, 7) is 27.9. The highest BCUT2D eigenvalue weighted by Gasteiger charge is 2.45. The summed E-state index contributed by atoms with van der Waals surface area (Å²) in [7, 11) is 0. The van der Waals surface area contributed by atoms with E-state index in [-0.39, 0.29) is 28.4 Å². The van der Waals surface area contributed by atoms with Crippen molar-refractivity contribution in [2.24, 2.45) is 0 Å². The third kappa shape index (κ3) is 7.01. The highest BCUT2D eigenvalue weighted by molar-refractivity contribution is 7.00. The third-order valence-corrected chi connectivity index (χ3v) is 13.5. The molecule has 0 spiro atoms. The van der Waals surface area contributed by atoms with Crippen LogP contribution in [0.2, 0.25) is 0 Å². The van der Waals surface area contributed by atoms with Crippen LogP contribution in [0.1, 0.15) is 110 Å². The van der Waals surface area contributed by atoms with Crippen LogP contribution in [0.3, 0.4) is 0 Å². The third-order valence-electron chi connectivity index (χ3n) is 13.5. The summed E-state index contributed by atoms with van der Waals surface area (Å²) in [6.07, 6.45) is 0. The van der Waals surface area contributed by atoms with E-state index in [1.54, 1.807) is 0 Å². The van der Waals surface area contributed by atoms with Crippen LogP contribution in [0.15, 0.2) is 152 Å². The first-order chi connectivity index (χ1) is 28.8. The zero-order chi connectivity index (χ0) is 43.2. The van der Waals surface area contributed by atoms with E-state index in [1.165, 1.54) is 95.0 Å². The van der Waals surface area contributed by atoms with Crippen molar-refractivity contribution in [2.45, 2.75) is 105 Å². The predicted molar refractivity (Wildman–Crippen MR) is 265 cm³/mol. The van der Waals surface area contributed by atoms with Crippen LogP contribution < -0.4 is 26.2 Å². The quantitative estimate of drug-likeness (QED) is 0.160. The molecule has 0 radical (unpaired) electrons. The molecule has 306 valence electrons. The van der Waals surface area contributed by atoms with Gasteiger partial charge in [0.15, 0.2) is 0 Å². The molecule has 2 heterocycles. The lowest BCUT2D eigenvalue weighted by Gasteiger charge is -2.45. The Labute approximate surface area is 366 Å². The highest BCUT2D eigenvalue weighted by atomic mass is 15.2. The van der Waals surface area contributed by atoms with Gasteiger partial charge < -0.3 is 9.80 Å². The fourth-order valence-corrected chi connectivity index (χ4v) is 9.71. The Hall–Kier alpha value is -5.80. The maximum absolute atomic E-state index is 2.60. The van der Waals surface area contributed by atoms with Crippen molar-refractivity contribution in [1.29, 1.82) is 0 Å². The van der Waals surface area contributed by atoms with Crippen molar-refractivity contribution < 1.29 is 0 Å². The van der Waals surface area contributed by atoms with Crippen molar-refractivity contribution in [3.63, 3.8) is 0 Å². The minimum atomic E-state index is -0.216. The highest BCUT2D eigenvalue weighted by Crippen LogP contribution is 2.48. The molecule has 0 amide bonds. The van der Waals surface area contributed by atoms with Gasteiger partial charge in [0.05, 0.1) is 5.69 Å². The predicted octanol–water partition coefficient (Wildman–Crippen LogP) is 14.0. The summed E-state index contributed by atoms with van der Waals surface area (Å²) >= 11 is 0. The van der Waals surface area contributed by atoms with Crippen LogP contribution in [0.4, 0.5) is 34.1 Å². The Morgan fingerprint density at radius 1 is 0.377 bits per heavy atom. The van der Waals surface area contributed by atoms with Crippen molar-refractivity contribution >= 4 is 57.2 Å². The molecule has 0 aliphatic carbocycles. The van der Waals surface area contributed by atoms with Gasteiger partial charge in [0.2, 0.25) is 0 Å². The SMILES string of the molecule is Cc1cc2c3c(c1)N(c1ccc(C(C)(C)C)cc1-c1ccccc1)c1ccc(C(C)(C)c4ccccc4)cc1B3c1cc(C(C)(C)C)ccc1N2c1ccc(C(C)(C)C)cc1. The van der Waals surface area contributed by atoms with E-state index in [9.17, 15) is 0 Å². The van der Waals surface area contributed by atoms with Crippen LogP contribution >= 0.6 is 0 Å². The van der Waals surface area contributed by atoms with Crippen molar-refractivity contribution in [3.8, 4) is 11.1 Å². The smallest absolute Gasteiger partial charge is 0.252 e. The molecule has 3 heteroatoms. The molecule has 2 aliphatic rings. The number of fused-ring (bicyclic) bond motifs is 4. The molecule has 0 atom stereocenters. The minimum Gasteiger partial charge on any atom is -0.311 e. The summed E-state index contributed by atoms with van der Waals surface area (Å²) in [5.74, 6) is 0. The first-order valence-electron chi connectivity index (χ1n) is 22.2. The Bertz CT molecular complexity index is 2780. The normalized spacial score (nSPS) is 13.8. The Morgan fingerprint density at radius 3 is 1.41 bits per heavy atom. The van der Waals surface area contributed by atoms with Crippen LogP contribution in [0, 0.1) is 6.92 Å². The van der Waals surface area contributed by atoms with Crippen LogP contribution in [0.25, 0.3) is 11.1 Å². The molecule has 0 unspecified atom stereocenters. The van der Waals surface area contributed by atoms with Crippen LogP contribution in [-0.4, -0.2) is 6.71 Å². The number of benzene rings is 7. The average Bonchev–Trinajstić information content (AvgIpc) is 3.22. The molecule has 0 N–H and O–H groups in total. The fourth-order valence-electron chi connectivity index (χ4n) is 9.71. The maximum Gasteiger partial charge on any atom is 0.252 e. The molecule has 9 rings (SSSR count). The number of hydrogen-bond donors (Lipinski definition) is 0. The molecule has 7 aromatic rings. The summed E-state index contributed by atoms with van der Waals surface area (Å²) in [5, 5.41) is 0. The number of hydrogen-bond acceptors (Lipinski definition) is 2. The molecule has 7 aromatic carbocycles. The summed E-state index contributed by atoms with van der Waals surface area (Å²) in [4.78, 5) is 5.16. The van der Waals surface area contributed by atoms with Gasteiger partial charge >= 0.3 is 0 Å². The van der Waals surface area contributed by atoms with Crippen LogP contribution in [0.5, 0.6) is 0 Å². The largest absolute Gasteiger partial charge is 0.311 e. The average molecular weight is 797 g/mol. The molecule has 61 heavy (non-hydrogen) atoms. The Balaban J connectivity index is 1.39. The second-order valence-electron chi connectivity index (χ2n) is 21.3. The second kappa shape index (κ2) is 14.4. The molecule has 0 bridgehead atoms. The van der Waals surface area contributed by atoms with E-state index >= 15 is 0 Å². The van der Waals surface area contributed by atoms with Gasteiger partial charge in [0.25, 0.3) is 6.71 Å². The van der Waals surface area contributed by atoms with Gasteiger partial charge in [0.1, 0.15) is 0 Å². The van der Waals surface area contributed by atoms with E-state index in [1.807, 2.05) is 0 Å². The van der Waals surface area contributed by atoms with E-state index in [2.05, 4.69) is 245 Å². The van der Waals surface area contributed by atoms with Crippen molar-refractivity contribution in [3.05, 3.63) is 185 Å². The van der Waals surface area contributed by atoms with Gasteiger partial charge in [-0.15, -0.1) is 0 Å². The standard InChI is InChI=1S/C58H61BN2/c1-38-33-52-54-53(34-38)61(49-30-25-42(56(5,6)7)35-46(49)39-19-15-13-16-20-39)51-32-27-44(58(11,12)41-21-17-14-18-22-41)37-48(51)59(54)47-36-43(57(8,9)10)26-31-50(47)60(52)45-28-23-40(24-29-45)55(2,3)4/h13-37H,1-12H3. The van der Waals surface area contributed by atoms with Gasteiger partial charge in [-0.1, -0.05) is 179 Å². The van der Waals surface area contributed by atoms with Gasteiger partial charge in [0, 0.05) is 39.4 Å². The summed E-state index contributed by atoms with van der Waals surface area (Å²) < 4.78 is 0. The Kier molecular flexibility index (Phi) is 9.59. The molecule has 0 saturated heterocycles. The first-order valence-corrected chi connectivity index (χ1v) is 22.2. The lowest BCUT2D eigenvalue weighted by Crippen LogP contribution is -2.61. The number of aryl methyl sites for hydroxylation is 1. The zero-order valence-corrected chi connectivity index (χ0v) is 38.4. The van der Waals surface area contributed by atoms with E-state index in [0.717, 1.165) is 0 Å². The summed E-state index contributed by atoms with van der Waals surface area (Å²) in [5.41, 5.74) is 21.5. The summed E-state index contributed by atoms with van der Waals surface area (Å²) in [6, 6.07) is 58.1. The first kappa shape index (κ1) is 40.6. The van der Waals surface area contributed by atoms with Crippen molar-refractivity contribution in [2.75, 3.05) is 9.80 Å². The molecule has 0 aromatic heterocycles. The van der Waals surface area contributed by atoms with Crippen LogP contribution in [-0.2, 0) is 21.7 Å². The molecule has 2 nitrogen and oxygen atoms in total.